The largest absolute Gasteiger partial charge is 0.301 e. The van der Waals surface area contributed by atoms with Crippen LogP contribution in [-0.2, 0) is 4.84 Å². The van der Waals surface area contributed by atoms with Gasteiger partial charge in [-0.3, -0.25) is 9.63 Å². The lowest BCUT2D eigenvalue weighted by molar-refractivity contribution is -0.144. The van der Waals surface area contributed by atoms with Crippen LogP contribution >= 0.6 is 0 Å². The molecule has 0 atom stereocenters. The highest BCUT2D eigenvalue weighted by atomic mass is 16.7. The molecule has 1 fully saturated rings. The van der Waals surface area contributed by atoms with Gasteiger partial charge in [-0.2, -0.15) is 0 Å². The molecular weight excluding hydrogens is 174 g/mol. The number of rotatable bonds is 1. The van der Waals surface area contributed by atoms with E-state index in [0.29, 0.717) is 13.2 Å². The molecule has 1 amide bonds. The van der Waals surface area contributed by atoms with Crippen LogP contribution in [0.15, 0.2) is 10.8 Å². The molecule has 1 saturated heterocycles. The van der Waals surface area contributed by atoms with Crippen LogP contribution in [0.25, 0.3) is 0 Å². The Bertz CT molecular complexity index is 279. The van der Waals surface area contributed by atoms with Crippen LogP contribution in [0.5, 0.6) is 0 Å². The predicted molar refractivity (Wildman–Crippen MR) is 40.5 cm³/mol. The van der Waals surface area contributed by atoms with Crippen molar-refractivity contribution in [3.8, 4) is 0 Å². The number of hydrogen-bond acceptors (Lipinski definition) is 5. The van der Waals surface area contributed by atoms with Crippen LogP contribution in [0.3, 0.4) is 0 Å². The number of aromatic nitrogens is 2. The number of hydrogen-bond donors (Lipinski definition) is 0. The molecule has 2 heterocycles. The van der Waals surface area contributed by atoms with Gasteiger partial charge in [-0.1, -0.05) is 5.16 Å². The van der Waals surface area contributed by atoms with Crippen molar-refractivity contribution in [2.45, 2.75) is 12.8 Å². The molecule has 1 aromatic rings. The molecule has 0 aromatic carbocycles. The van der Waals surface area contributed by atoms with Gasteiger partial charge in [0.25, 0.3) is 0 Å². The fourth-order valence-electron chi connectivity index (χ4n) is 1.14. The van der Waals surface area contributed by atoms with Crippen LogP contribution in [0.2, 0.25) is 0 Å². The summed E-state index contributed by atoms with van der Waals surface area (Å²) in [5, 5.41) is 8.08. The van der Waals surface area contributed by atoms with Gasteiger partial charge in [-0.15, -0.1) is 0 Å². The second-order valence-corrected chi connectivity index (χ2v) is 2.74. The van der Waals surface area contributed by atoms with Gasteiger partial charge in [0.15, 0.2) is 5.69 Å². The Morgan fingerprint density at radius 3 is 3.08 bits per heavy atom. The number of carbonyl (C=O) groups is 1. The monoisotopic (exact) mass is 183 g/mol. The molecule has 0 radical (unpaired) electrons. The molecule has 0 unspecified atom stereocenters. The third-order valence-corrected chi connectivity index (χ3v) is 1.81. The Balaban J connectivity index is 2.04. The highest BCUT2D eigenvalue weighted by Gasteiger charge is 2.21. The lowest BCUT2D eigenvalue weighted by atomic mass is 10.3. The van der Waals surface area contributed by atoms with Gasteiger partial charge >= 0.3 is 5.91 Å². The maximum absolute atomic E-state index is 11.5. The third-order valence-electron chi connectivity index (χ3n) is 1.81. The second kappa shape index (κ2) is 3.53. The fraction of sp³-hybridized carbons (Fsp3) is 0.571. The number of nitrogens with zero attached hydrogens (tertiary/aromatic N) is 3. The van der Waals surface area contributed by atoms with Crippen molar-refractivity contribution in [3.05, 3.63) is 11.9 Å². The van der Waals surface area contributed by atoms with E-state index in [2.05, 4.69) is 14.9 Å². The second-order valence-electron chi connectivity index (χ2n) is 2.74. The SMILES string of the molecule is O=C(c1cnon1)N1CCCCO1. The molecule has 0 bridgehead atoms. The molecule has 6 nitrogen and oxygen atoms in total. The molecule has 1 aliphatic rings. The average molecular weight is 183 g/mol. The predicted octanol–water partition coefficient (Wildman–Crippen LogP) is 0.237. The summed E-state index contributed by atoms with van der Waals surface area (Å²) in [6.45, 7) is 1.18. The number of hydroxylamine groups is 2. The molecule has 0 spiro atoms. The van der Waals surface area contributed by atoms with Crippen LogP contribution in [0, 0.1) is 0 Å². The maximum atomic E-state index is 11.5. The Hall–Kier alpha value is -1.43. The lowest BCUT2D eigenvalue weighted by Crippen LogP contribution is -2.35. The van der Waals surface area contributed by atoms with Crippen molar-refractivity contribution in [3.63, 3.8) is 0 Å². The van der Waals surface area contributed by atoms with Crippen molar-refractivity contribution in [1.29, 1.82) is 0 Å². The summed E-state index contributed by atoms with van der Waals surface area (Å²) < 4.78 is 4.32. The summed E-state index contributed by atoms with van der Waals surface area (Å²) >= 11 is 0. The first-order chi connectivity index (χ1) is 6.38. The zero-order valence-electron chi connectivity index (χ0n) is 6.97. The van der Waals surface area contributed by atoms with Crippen molar-refractivity contribution >= 4 is 5.91 Å². The first-order valence-electron chi connectivity index (χ1n) is 4.10. The van der Waals surface area contributed by atoms with E-state index in [1.54, 1.807) is 0 Å². The molecule has 0 aliphatic carbocycles. The molecule has 0 saturated carbocycles. The van der Waals surface area contributed by atoms with Crippen molar-refractivity contribution in [2.75, 3.05) is 13.2 Å². The first kappa shape index (κ1) is 8.18. The van der Waals surface area contributed by atoms with E-state index in [1.807, 2.05) is 0 Å². The fourth-order valence-corrected chi connectivity index (χ4v) is 1.14. The van der Waals surface area contributed by atoms with Crippen LogP contribution in [-0.4, -0.2) is 34.4 Å². The average Bonchev–Trinajstić information content (AvgIpc) is 2.71. The quantitative estimate of drug-likeness (QED) is 0.623. The summed E-state index contributed by atoms with van der Waals surface area (Å²) in [4.78, 5) is 16.6. The molecule has 1 aromatic heterocycles. The first-order valence-corrected chi connectivity index (χ1v) is 4.10. The van der Waals surface area contributed by atoms with E-state index in [4.69, 9.17) is 4.84 Å². The van der Waals surface area contributed by atoms with Gasteiger partial charge < -0.3 is 0 Å². The smallest absolute Gasteiger partial charge is 0.271 e. The minimum absolute atomic E-state index is 0.182. The molecule has 0 N–H and O–H groups in total. The van der Waals surface area contributed by atoms with Crippen molar-refractivity contribution < 1.29 is 14.3 Å². The minimum Gasteiger partial charge on any atom is -0.271 e. The zero-order chi connectivity index (χ0) is 9.10. The Morgan fingerprint density at radius 2 is 2.46 bits per heavy atom. The summed E-state index contributed by atoms with van der Waals surface area (Å²) in [5.74, 6) is -0.291. The van der Waals surface area contributed by atoms with E-state index in [9.17, 15) is 4.79 Å². The normalized spacial score (nSPS) is 17.4. The van der Waals surface area contributed by atoms with Gasteiger partial charge in [0, 0.05) is 6.54 Å². The highest BCUT2D eigenvalue weighted by molar-refractivity contribution is 5.91. The number of amides is 1. The minimum atomic E-state index is -0.291. The van der Waals surface area contributed by atoms with E-state index < -0.39 is 0 Å². The lowest BCUT2D eigenvalue weighted by Gasteiger charge is -2.24. The Labute approximate surface area is 74.4 Å². The van der Waals surface area contributed by atoms with Crippen LogP contribution < -0.4 is 0 Å². The zero-order valence-corrected chi connectivity index (χ0v) is 6.97. The number of carbonyl (C=O) groups excluding carboxylic acids is 1. The van der Waals surface area contributed by atoms with Gasteiger partial charge in [0.1, 0.15) is 6.20 Å². The van der Waals surface area contributed by atoms with E-state index in [1.165, 1.54) is 11.3 Å². The summed E-state index contributed by atoms with van der Waals surface area (Å²) in [5.41, 5.74) is 0.182. The van der Waals surface area contributed by atoms with Crippen LogP contribution in [0.1, 0.15) is 23.3 Å². The Kier molecular flexibility index (Phi) is 2.22. The topological polar surface area (TPSA) is 68.5 Å². The van der Waals surface area contributed by atoms with Crippen LogP contribution in [0.4, 0.5) is 0 Å². The molecule has 70 valence electrons. The maximum Gasteiger partial charge on any atom is 0.301 e. The molecular formula is C7H9N3O3. The van der Waals surface area contributed by atoms with Gasteiger partial charge in [0.05, 0.1) is 6.61 Å². The van der Waals surface area contributed by atoms with E-state index in [-0.39, 0.29) is 11.6 Å². The van der Waals surface area contributed by atoms with Gasteiger partial charge in [-0.05, 0) is 18.0 Å². The molecule has 6 heteroatoms. The molecule has 2 rings (SSSR count). The Morgan fingerprint density at radius 1 is 1.54 bits per heavy atom. The standard InChI is InChI=1S/C7H9N3O3/c11-7(6-5-8-13-9-6)10-3-1-2-4-12-10/h5H,1-4H2. The molecule has 1 aliphatic heterocycles. The summed E-state index contributed by atoms with van der Waals surface area (Å²) in [6, 6.07) is 0. The summed E-state index contributed by atoms with van der Waals surface area (Å²) in [6.07, 6.45) is 3.22. The van der Waals surface area contributed by atoms with Gasteiger partial charge in [-0.25, -0.2) is 9.69 Å². The van der Waals surface area contributed by atoms with Crippen molar-refractivity contribution in [1.82, 2.24) is 15.4 Å². The van der Waals surface area contributed by atoms with Gasteiger partial charge in [0.2, 0.25) is 0 Å². The van der Waals surface area contributed by atoms with E-state index >= 15 is 0 Å². The summed E-state index contributed by atoms with van der Waals surface area (Å²) in [7, 11) is 0. The van der Waals surface area contributed by atoms with Crippen molar-refractivity contribution in [2.24, 2.45) is 0 Å². The molecule has 13 heavy (non-hydrogen) atoms. The highest BCUT2D eigenvalue weighted by Crippen LogP contribution is 2.09. The van der Waals surface area contributed by atoms with E-state index in [0.717, 1.165) is 12.8 Å². The third kappa shape index (κ3) is 1.67.